The Labute approximate surface area is 107 Å². The molecule has 0 bridgehead atoms. The smallest absolute Gasteiger partial charge is 0 e. The molecule has 6 heavy (non-hydrogen) atoms. The second-order valence-electron chi connectivity index (χ2n) is 0. The van der Waals surface area contributed by atoms with Gasteiger partial charge in [0, 0.05) is 109 Å². The Bertz CT molecular complexity index is 15.5. The number of hydrogen-bond acceptors (Lipinski definition) is 0. The van der Waals surface area contributed by atoms with Crippen molar-refractivity contribution < 1.29 is 36.5 Å². The van der Waals surface area contributed by atoms with Crippen LogP contribution in [0.5, 0.6) is 0 Å². The van der Waals surface area contributed by atoms with Gasteiger partial charge in [-0.3, -0.25) is 0 Å². The van der Waals surface area contributed by atoms with Crippen molar-refractivity contribution in [1.29, 1.82) is 0 Å². The van der Waals surface area contributed by atoms with Gasteiger partial charge in [0.2, 0.25) is 0 Å². The van der Waals surface area contributed by atoms with Crippen molar-refractivity contribution in [2.75, 3.05) is 0 Å². The van der Waals surface area contributed by atoms with Crippen LogP contribution in [-0.2, 0) is 36.5 Å². The zero-order valence-electron chi connectivity index (χ0n) is 2.83. The number of hydrogen-bond donors (Lipinski definition) is 0. The van der Waals surface area contributed by atoms with Crippen LogP contribution in [0.15, 0.2) is 0 Å². The SMILES string of the molecule is [Cu].[Ge].[S].[Se].[Sn].[Zn]. The molecule has 0 fully saturated rings. The van der Waals surface area contributed by atoms with Crippen LogP contribution in [0.2, 0.25) is 0 Å². The maximum atomic E-state index is 0. The van der Waals surface area contributed by atoms with Gasteiger partial charge in [-0.15, -0.1) is 0 Å². The van der Waals surface area contributed by atoms with Crippen molar-refractivity contribution in [3.8, 4) is 0 Å². The van der Waals surface area contributed by atoms with Crippen molar-refractivity contribution in [2.24, 2.45) is 0 Å². The first-order valence-corrected chi connectivity index (χ1v) is 0. The first-order valence-electron chi connectivity index (χ1n) is 0. The molecule has 0 saturated carbocycles. The summed E-state index contributed by atoms with van der Waals surface area (Å²) in [6.45, 7) is 0. The fourth-order valence-corrected chi connectivity index (χ4v) is 0. The molecule has 0 spiro atoms. The molecule has 0 heterocycles. The van der Waals surface area contributed by atoms with Crippen LogP contribution in [0.4, 0.5) is 0 Å². The van der Waals surface area contributed by atoms with E-state index < -0.39 is 0 Å². The number of rotatable bonds is 0. The second-order valence-corrected chi connectivity index (χ2v) is 0. The molecule has 0 unspecified atom stereocenters. The van der Waals surface area contributed by atoms with Crippen LogP contribution in [-0.4, -0.2) is 58.6 Å². The van der Waals surface area contributed by atoms with Crippen LogP contribution in [0.25, 0.3) is 0 Å². The van der Waals surface area contributed by atoms with E-state index in [1.165, 1.54) is 0 Å². The first kappa shape index (κ1) is 58.0. The molecule has 0 atom stereocenters. The summed E-state index contributed by atoms with van der Waals surface area (Å²) in [6, 6.07) is 0. The molecule has 33 valence electrons. The van der Waals surface area contributed by atoms with Crippen molar-refractivity contribution in [2.45, 2.75) is 0 Å². The monoisotopic (exact) mass is 433 g/mol. The molecule has 0 aromatic rings. The molecular formula is CuGeSSeSnZn. The summed E-state index contributed by atoms with van der Waals surface area (Å²) in [5, 5.41) is 0. The van der Waals surface area contributed by atoms with E-state index in [2.05, 4.69) is 0 Å². The van der Waals surface area contributed by atoms with Crippen molar-refractivity contribution in [3.63, 3.8) is 0 Å². The third-order valence-electron chi connectivity index (χ3n) is 0. The van der Waals surface area contributed by atoms with Crippen LogP contribution in [0.3, 0.4) is 0 Å². The minimum absolute atomic E-state index is 0. The Morgan fingerprint density at radius 3 is 1.00 bits per heavy atom. The molecule has 0 saturated heterocycles. The standard InChI is InChI=1S/Cu.Ge.S.Se.Sn.Zn. The third kappa shape index (κ3) is 26.4. The van der Waals surface area contributed by atoms with Gasteiger partial charge in [-0.05, 0) is 0 Å². The van der Waals surface area contributed by atoms with E-state index in [0.717, 1.165) is 0 Å². The molecule has 0 aromatic carbocycles. The molecule has 0 aliphatic carbocycles. The van der Waals surface area contributed by atoms with Crippen LogP contribution in [0, 0.1) is 0 Å². The average molecular weight is 431 g/mol. The fourth-order valence-electron chi connectivity index (χ4n) is 0. The summed E-state index contributed by atoms with van der Waals surface area (Å²) in [5.74, 6) is 0. The summed E-state index contributed by atoms with van der Waals surface area (Å²) in [5.41, 5.74) is 0. The minimum atomic E-state index is 0. The van der Waals surface area contributed by atoms with Crippen LogP contribution < -0.4 is 0 Å². The van der Waals surface area contributed by atoms with Crippen molar-refractivity contribution in [3.05, 3.63) is 0 Å². The Hall–Kier alpha value is 3.35. The summed E-state index contributed by atoms with van der Waals surface area (Å²) in [6.07, 6.45) is 0. The molecule has 0 aliphatic rings. The van der Waals surface area contributed by atoms with Gasteiger partial charge in [0.05, 0.1) is 0 Å². The third-order valence-corrected chi connectivity index (χ3v) is 0. The molecular weight excluding hydrogens is 431 g/mol. The van der Waals surface area contributed by atoms with E-state index in [9.17, 15) is 0 Å². The van der Waals surface area contributed by atoms with E-state index in [1.807, 2.05) is 0 Å². The van der Waals surface area contributed by atoms with Gasteiger partial charge in [0.1, 0.15) is 0 Å². The van der Waals surface area contributed by atoms with Gasteiger partial charge in [-0.2, -0.15) is 0 Å². The first-order chi connectivity index (χ1) is 0. The van der Waals surface area contributed by atoms with Gasteiger partial charge in [-0.25, -0.2) is 0 Å². The quantitative estimate of drug-likeness (QED) is 0.454. The molecule has 13 radical (unpaired) electrons. The molecule has 0 rings (SSSR count). The Balaban J connectivity index is 0. The molecule has 0 nitrogen and oxygen atoms in total. The van der Waals surface area contributed by atoms with Gasteiger partial charge >= 0.3 is 0 Å². The summed E-state index contributed by atoms with van der Waals surface area (Å²) in [4.78, 5) is 0. The Morgan fingerprint density at radius 1 is 1.00 bits per heavy atom. The summed E-state index contributed by atoms with van der Waals surface area (Å²) < 4.78 is 0. The van der Waals surface area contributed by atoms with Gasteiger partial charge < -0.3 is 0 Å². The van der Waals surface area contributed by atoms with Gasteiger partial charge in [-0.1, -0.05) is 0 Å². The predicted octanol–water partition coefficient (Wildman–Crippen LogP) is -0.499. The average Bonchev–Trinajstić information content (AvgIpc) is 0. The second kappa shape index (κ2) is 40.2. The summed E-state index contributed by atoms with van der Waals surface area (Å²) >= 11 is 0. The largest absolute Gasteiger partial charge is 0 e. The van der Waals surface area contributed by atoms with Crippen LogP contribution >= 0.6 is 13.5 Å². The predicted molar refractivity (Wildman–Crippen MR) is 24.9 cm³/mol. The van der Waals surface area contributed by atoms with E-state index in [4.69, 9.17) is 0 Å². The van der Waals surface area contributed by atoms with E-state index in [-0.39, 0.29) is 109 Å². The van der Waals surface area contributed by atoms with E-state index >= 15 is 0 Å². The summed E-state index contributed by atoms with van der Waals surface area (Å²) in [7, 11) is 0. The molecule has 0 N–H and O–H groups in total. The molecule has 0 amide bonds. The fraction of sp³-hybridized carbons (Fsp3) is 0. The van der Waals surface area contributed by atoms with Gasteiger partial charge in [0.25, 0.3) is 0 Å². The van der Waals surface area contributed by atoms with Crippen LogP contribution in [0.1, 0.15) is 0 Å². The zero-order chi connectivity index (χ0) is 0. The topological polar surface area (TPSA) is 0 Å². The molecule has 0 aromatic heterocycles. The Morgan fingerprint density at radius 2 is 1.00 bits per heavy atom. The normalized spacial score (nSPS) is 0. The molecule has 0 aliphatic heterocycles. The van der Waals surface area contributed by atoms with E-state index in [1.54, 1.807) is 0 Å². The maximum absolute atomic E-state index is 0. The zero-order valence-corrected chi connectivity index (χ0v) is 14.2. The minimum Gasteiger partial charge on any atom is 0 e. The van der Waals surface area contributed by atoms with E-state index in [0.29, 0.717) is 0 Å². The Kier molecular flexibility index (Phi) is 388. The van der Waals surface area contributed by atoms with Crippen molar-refractivity contribution in [1.82, 2.24) is 0 Å². The molecule has 6 heteroatoms. The van der Waals surface area contributed by atoms with Crippen molar-refractivity contribution >= 4 is 72.1 Å². The maximum Gasteiger partial charge on any atom is 0 e. The van der Waals surface area contributed by atoms with Gasteiger partial charge in [0.15, 0.2) is 0 Å².